The fraction of sp³-hybridized carbons (Fsp3) is 0. The fourth-order valence-corrected chi connectivity index (χ4v) is 8.60. The van der Waals surface area contributed by atoms with E-state index < -0.39 is 0 Å². The van der Waals surface area contributed by atoms with E-state index in [2.05, 4.69) is 171 Å². The minimum absolute atomic E-state index is 0.951. The first kappa shape index (κ1) is 25.4. The molecule has 0 saturated carbocycles. The Labute approximate surface area is 279 Å². The second-order valence-corrected chi connectivity index (χ2v) is 13.3. The van der Waals surface area contributed by atoms with E-state index in [9.17, 15) is 0 Å². The number of rotatable bonds is 2. The van der Waals surface area contributed by atoms with Gasteiger partial charge in [-0.2, -0.15) is 0 Å². The molecule has 4 nitrogen and oxygen atoms in total. The van der Waals surface area contributed by atoms with Gasteiger partial charge in [0.05, 0.1) is 38.6 Å². The average Bonchev–Trinajstić information content (AvgIpc) is 3.87. The molecule has 0 saturated heterocycles. The van der Waals surface area contributed by atoms with E-state index in [0.29, 0.717) is 0 Å². The first-order chi connectivity index (χ1) is 24.3. The summed E-state index contributed by atoms with van der Waals surface area (Å²) in [5, 5.41) is 9.91. The zero-order chi connectivity index (χ0) is 31.8. The molecule has 4 aromatic heterocycles. The lowest BCUT2D eigenvalue weighted by atomic mass is 9.97. The number of hydrogen-bond acceptors (Lipinski definition) is 1. The molecule has 8 aromatic carbocycles. The van der Waals surface area contributed by atoms with Crippen molar-refractivity contribution in [1.29, 1.82) is 0 Å². The van der Waals surface area contributed by atoms with Crippen LogP contribution in [0.4, 0.5) is 0 Å². The van der Waals surface area contributed by atoms with Crippen LogP contribution >= 0.6 is 0 Å². The number of benzene rings is 8. The smallest absolute Gasteiger partial charge is 0.220 e. The van der Waals surface area contributed by atoms with Crippen molar-refractivity contribution in [3.8, 4) is 16.8 Å². The Hall–Kier alpha value is -6.65. The summed E-state index contributed by atoms with van der Waals surface area (Å²) in [6, 6.07) is 57.6. The topological polar surface area (TPSA) is 26.6 Å². The van der Waals surface area contributed by atoms with Crippen molar-refractivity contribution in [1.82, 2.24) is 18.4 Å². The summed E-state index contributed by atoms with van der Waals surface area (Å²) in [7, 11) is 0. The van der Waals surface area contributed by atoms with E-state index in [-0.39, 0.29) is 0 Å². The van der Waals surface area contributed by atoms with Gasteiger partial charge < -0.3 is 4.57 Å². The Bertz CT molecular complexity index is 3320. The van der Waals surface area contributed by atoms with E-state index in [1.165, 1.54) is 81.8 Å². The van der Waals surface area contributed by atoms with Crippen molar-refractivity contribution < 1.29 is 0 Å². The van der Waals surface area contributed by atoms with Gasteiger partial charge >= 0.3 is 0 Å². The number of hydrogen-bond donors (Lipinski definition) is 0. The lowest BCUT2D eigenvalue weighted by molar-refractivity contribution is 1.18. The van der Waals surface area contributed by atoms with Crippen LogP contribution in [0.25, 0.3) is 104 Å². The van der Waals surface area contributed by atoms with E-state index >= 15 is 0 Å². The predicted octanol–water partition coefficient (Wildman–Crippen LogP) is 11.6. The largest absolute Gasteiger partial charge is 0.309 e. The normalized spacial score (nSPS) is 12.5. The summed E-state index contributed by atoms with van der Waals surface area (Å²) in [6.07, 6.45) is 0. The van der Waals surface area contributed by atoms with Crippen molar-refractivity contribution in [2.45, 2.75) is 0 Å². The van der Waals surface area contributed by atoms with Gasteiger partial charge in [-0.05, 0) is 93.3 Å². The highest BCUT2D eigenvalue weighted by atomic mass is 15.2. The summed E-state index contributed by atoms with van der Waals surface area (Å²) in [6.45, 7) is 0. The Morgan fingerprint density at radius 3 is 1.90 bits per heavy atom. The Kier molecular flexibility index (Phi) is 4.69. The van der Waals surface area contributed by atoms with Crippen molar-refractivity contribution in [2.75, 3.05) is 0 Å². The SMILES string of the molecule is c1ccc(-n2c3ccccc3c3c(-c4cc5c6cc7ccccc7cc6n6c5c(c4)n4c5cc7ccccc7cc5nc46)cccc32)cc1. The average molecular weight is 623 g/mol. The molecule has 0 atom stereocenters. The second-order valence-electron chi connectivity index (χ2n) is 13.3. The molecule has 4 heterocycles. The van der Waals surface area contributed by atoms with Gasteiger partial charge in [0, 0.05) is 27.2 Å². The highest BCUT2D eigenvalue weighted by Crippen LogP contribution is 2.44. The minimum atomic E-state index is 0.951. The fourth-order valence-electron chi connectivity index (χ4n) is 8.60. The summed E-state index contributed by atoms with van der Waals surface area (Å²) in [5.41, 5.74) is 11.7. The highest BCUT2D eigenvalue weighted by molar-refractivity contribution is 6.22. The lowest BCUT2D eigenvalue weighted by Gasteiger charge is -2.09. The van der Waals surface area contributed by atoms with Crippen LogP contribution in [0.1, 0.15) is 0 Å². The van der Waals surface area contributed by atoms with Gasteiger partial charge in [-0.25, -0.2) is 4.98 Å². The Balaban J connectivity index is 1.27. The quantitative estimate of drug-likeness (QED) is 0.188. The summed E-state index contributed by atoms with van der Waals surface area (Å²) >= 11 is 0. The van der Waals surface area contributed by atoms with Crippen LogP contribution in [-0.2, 0) is 0 Å². The van der Waals surface area contributed by atoms with Crippen LogP contribution in [0.3, 0.4) is 0 Å². The third-order valence-corrected chi connectivity index (χ3v) is 10.7. The molecule has 0 spiro atoms. The Morgan fingerprint density at radius 1 is 0.408 bits per heavy atom. The number of para-hydroxylation sites is 2. The van der Waals surface area contributed by atoms with E-state index in [1.807, 2.05) is 0 Å². The number of imidazole rings is 2. The van der Waals surface area contributed by atoms with Crippen molar-refractivity contribution in [3.05, 3.63) is 158 Å². The molecular weight excluding hydrogens is 597 g/mol. The van der Waals surface area contributed by atoms with Crippen LogP contribution in [0, 0.1) is 0 Å². The summed E-state index contributed by atoms with van der Waals surface area (Å²) in [5.74, 6) is 0.951. The van der Waals surface area contributed by atoms with Gasteiger partial charge in [0.1, 0.15) is 0 Å². The van der Waals surface area contributed by atoms with Crippen LogP contribution in [0.5, 0.6) is 0 Å². The van der Waals surface area contributed by atoms with Gasteiger partial charge in [-0.1, -0.05) is 97.1 Å². The van der Waals surface area contributed by atoms with E-state index in [1.54, 1.807) is 0 Å². The standard InChI is InChI=1S/C45H26N4/c1-2-15-32(16-3-1)47-38-19-9-8-17-34(38)43-33(18-10-20-39(43)47)31-22-36-35-21-27-11-4-6-13-29(27)24-40(35)49-44(36)42(26-31)48-41-25-30-14-7-5-12-28(30)23-37(41)46-45(48)49/h1-26H. The molecule has 0 unspecified atom stereocenters. The minimum Gasteiger partial charge on any atom is -0.309 e. The molecule has 226 valence electrons. The second kappa shape index (κ2) is 9.03. The van der Waals surface area contributed by atoms with Crippen LogP contribution in [-0.4, -0.2) is 18.4 Å². The predicted molar refractivity (Wildman–Crippen MR) is 205 cm³/mol. The first-order valence-electron chi connectivity index (χ1n) is 16.8. The van der Waals surface area contributed by atoms with E-state index in [0.717, 1.165) is 22.5 Å². The summed E-state index contributed by atoms with van der Waals surface area (Å²) < 4.78 is 7.18. The molecule has 0 fully saturated rings. The molecule has 12 rings (SSSR count). The first-order valence-corrected chi connectivity index (χ1v) is 16.8. The molecule has 0 aliphatic rings. The molecule has 0 aliphatic carbocycles. The zero-order valence-corrected chi connectivity index (χ0v) is 26.3. The van der Waals surface area contributed by atoms with Crippen LogP contribution < -0.4 is 0 Å². The Morgan fingerprint density at radius 2 is 1.08 bits per heavy atom. The molecule has 0 bridgehead atoms. The van der Waals surface area contributed by atoms with Crippen LogP contribution in [0.2, 0.25) is 0 Å². The maximum Gasteiger partial charge on any atom is 0.220 e. The monoisotopic (exact) mass is 622 g/mol. The molecule has 0 radical (unpaired) electrons. The maximum atomic E-state index is 5.34. The highest BCUT2D eigenvalue weighted by Gasteiger charge is 2.24. The van der Waals surface area contributed by atoms with Gasteiger partial charge in [0.2, 0.25) is 5.78 Å². The molecule has 0 aliphatic heterocycles. The zero-order valence-electron chi connectivity index (χ0n) is 26.3. The maximum absolute atomic E-state index is 5.34. The molecule has 0 amide bonds. The van der Waals surface area contributed by atoms with Crippen molar-refractivity contribution in [3.63, 3.8) is 0 Å². The molecule has 0 N–H and O–H groups in total. The van der Waals surface area contributed by atoms with Gasteiger partial charge in [0.15, 0.2) is 0 Å². The van der Waals surface area contributed by atoms with Gasteiger partial charge in [-0.15, -0.1) is 0 Å². The van der Waals surface area contributed by atoms with Crippen molar-refractivity contribution >= 4 is 87.5 Å². The summed E-state index contributed by atoms with van der Waals surface area (Å²) in [4.78, 5) is 5.34. The van der Waals surface area contributed by atoms with E-state index in [4.69, 9.17) is 4.98 Å². The number of fused-ring (bicyclic) bond motifs is 13. The molecule has 12 aromatic rings. The molecular formula is C45H26N4. The van der Waals surface area contributed by atoms with Gasteiger partial charge in [0.25, 0.3) is 0 Å². The van der Waals surface area contributed by atoms with Crippen LogP contribution in [0.15, 0.2) is 158 Å². The number of nitrogens with zero attached hydrogens (tertiary/aromatic N) is 4. The third-order valence-electron chi connectivity index (χ3n) is 10.7. The molecule has 49 heavy (non-hydrogen) atoms. The van der Waals surface area contributed by atoms with Gasteiger partial charge in [-0.3, -0.25) is 8.80 Å². The lowest BCUT2D eigenvalue weighted by Crippen LogP contribution is -1.93. The third kappa shape index (κ3) is 3.25. The molecule has 4 heteroatoms. The van der Waals surface area contributed by atoms with Crippen molar-refractivity contribution in [2.24, 2.45) is 0 Å². The number of aromatic nitrogens is 4.